The predicted molar refractivity (Wildman–Crippen MR) is 94.5 cm³/mol. The standard InChI is InChI=1S/C17H18N6O/c1-10-12-7-11(3-4-14(10)20-9-19-8-12)13-5-6-23-15(13)16(24-2)21-17(18)22-23/h3-7,9-10,12H,8H2,1-2H3,(H2,18,22)/t10-,12?/m0/s1. The number of hydrogen-bond donors (Lipinski definition) is 1. The molecule has 0 saturated heterocycles. The van der Waals surface area contributed by atoms with Gasteiger partial charge in [0.25, 0.3) is 0 Å². The molecule has 1 aliphatic heterocycles. The Hall–Kier alpha value is -2.96. The van der Waals surface area contributed by atoms with Crippen molar-refractivity contribution in [1.82, 2.24) is 14.6 Å². The van der Waals surface area contributed by atoms with Crippen molar-refractivity contribution in [2.24, 2.45) is 21.8 Å². The van der Waals surface area contributed by atoms with E-state index in [0.717, 1.165) is 28.9 Å². The van der Waals surface area contributed by atoms with Crippen LogP contribution in [-0.4, -0.2) is 40.3 Å². The van der Waals surface area contributed by atoms with E-state index in [1.54, 1.807) is 18.0 Å². The van der Waals surface area contributed by atoms with Crippen LogP contribution in [0.4, 0.5) is 5.95 Å². The first-order valence-corrected chi connectivity index (χ1v) is 7.82. The fourth-order valence-electron chi connectivity index (χ4n) is 3.19. The van der Waals surface area contributed by atoms with E-state index >= 15 is 0 Å². The second kappa shape index (κ2) is 5.59. The molecule has 2 atom stereocenters. The Balaban J connectivity index is 1.89. The minimum absolute atomic E-state index is 0.177. The summed E-state index contributed by atoms with van der Waals surface area (Å²) < 4.78 is 7.11. The maximum Gasteiger partial charge on any atom is 0.243 e. The van der Waals surface area contributed by atoms with Gasteiger partial charge in [-0.05, 0) is 17.7 Å². The number of anilines is 1. The van der Waals surface area contributed by atoms with Gasteiger partial charge in [-0.25, -0.2) is 9.51 Å². The summed E-state index contributed by atoms with van der Waals surface area (Å²) in [6, 6.07) is 2.00. The molecule has 4 rings (SSSR count). The zero-order chi connectivity index (χ0) is 16.7. The highest BCUT2D eigenvalue weighted by atomic mass is 16.5. The second-order valence-electron chi connectivity index (χ2n) is 5.94. The molecule has 2 aromatic rings. The van der Waals surface area contributed by atoms with Crippen LogP contribution in [0.25, 0.3) is 11.1 Å². The SMILES string of the molecule is COc1nc(N)nn2ccc(C3=CC4CN=CN=C(C=C3)[C@H]4C)c12. The number of aromatic nitrogens is 3. The zero-order valence-corrected chi connectivity index (χ0v) is 13.5. The van der Waals surface area contributed by atoms with Crippen LogP contribution in [0, 0.1) is 11.8 Å². The van der Waals surface area contributed by atoms with E-state index in [2.05, 4.69) is 45.2 Å². The number of nitrogens with two attached hydrogens (primary N) is 1. The minimum atomic E-state index is 0.177. The molecular formula is C17H18N6O. The van der Waals surface area contributed by atoms with Crippen LogP contribution in [0.3, 0.4) is 0 Å². The third kappa shape index (κ3) is 2.29. The number of methoxy groups -OCH3 is 1. The summed E-state index contributed by atoms with van der Waals surface area (Å²) in [7, 11) is 1.58. The molecule has 24 heavy (non-hydrogen) atoms. The predicted octanol–water partition coefficient (Wildman–Crippen LogP) is 2.01. The van der Waals surface area contributed by atoms with Gasteiger partial charge in [0.05, 0.1) is 7.11 Å². The molecule has 7 nitrogen and oxygen atoms in total. The molecule has 0 amide bonds. The number of aliphatic imine (C=N–C) groups is 2. The number of allylic oxidation sites excluding steroid dienone is 3. The van der Waals surface area contributed by atoms with Crippen molar-refractivity contribution in [2.75, 3.05) is 19.4 Å². The fraction of sp³-hybridized carbons (Fsp3) is 0.294. The molecular weight excluding hydrogens is 304 g/mol. The lowest BCUT2D eigenvalue weighted by atomic mass is 9.89. The molecule has 0 radical (unpaired) electrons. The monoisotopic (exact) mass is 322 g/mol. The summed E-state index contributed by atoms with van der Waals surface area (Å²) in [5.41, 5.74) is 9.67. The first-order chi connectivity index (χ1) is 11.7. The van der Waals surface area contributed by atoms with Crippen LogP contribution in [0.2, 0.25) is 0 Å². The van der Waals surface area contributed by atoms with Crippen molar-refractivity contribution in [3.63, 3.8) is 0 Å². The average Bonchev–Trinajstić information content (AvgIpc) is 2.85. The van der Waals surface area contributed by atoms with Crippen LogP contribution < -0.4 is 10.5 Å². The zero-order valence-electron chi connectivity index (χ0n) is 13.5. The summed E-state index contributed by atoms with van der Waals surface area (Å²) in [5, 5.41) is 4.22. The molecule has 0 fully saturated rings. The lowest BCUT2D eigenvalue weighted by Crippen LogP contribution is -2.18. The third-order valence-corrected chi connectivity index (χ3v) is 4.54. The van der Waals surface area contributed by atoms with Crippen molar-refractivity contribution >= 4 is 29.1 Å². The number of hydrogen-bond acceptors (Lipinski definition) is 6. The molecule has 2 N–H and O–H groups in total. The Morgan fingerprint density at radius 2 is 2.21 bits per heavy atom. The van der Waals surface area contributed by atoms with Gasteiger partial charge in [0.1, 0.15) is 11.9 Å². The number of rotatable bonds is 2. The summed E-state index contributed by atoms with van der Waals surface area (Å²) >= 11 is 0. The van der Waals surface area contributed by atoms with E-state index in [0.29, 0.717) is 17.7 Å². The van der Waals surface area contributed by atoms with Crippen molar-refractivity contribution in [2.45, 2.75) is 6.92 Å². The maximum absolute atomic E-state index is 5.74. The highest BCUT2D eigenvalue weighted by molar-refractivity contribution is 6.04. The Kier molecular flexibility index (Phi) is 3.41. The Labute approximate surface area is 139 Å². The van der Waals surface area contributed by atoms with Crippen LogP contribution in [-0.2, 0) is 0 Å². The lowest BCUT2D eigenvalue weighted by molar-refractivity contribution is 0.400. The Morgan fingerprint density at radius 1 is 1.33 bits per heavy atom. The third-order valence-electron chi connectivity index (χ3n) is 4.54. The highest BCUT2D eigenvalue weighted by Gasteiger charge is 2.24. The van der Waals surface area contributed by atoms with Gasteiger partial charge in [0.2, 0.25) is 11.8 Å². The molecule has 0 spiro atoms. The van der Waals surface area contributed by atoms with Crippen LogP contribution in [0.15, 0.2) is 40.5 Å². The van der Waals surface area contributed by atoms with Gasteiger partial charge in [-0.1, -0.05) is 19.1 Å². The smallest absolute Gasteiger partial charge is 0.243 e. The number of nitrogens with zero attached hydrogens (tertiary/aromatic N) is 5. The topological polar surface area (TPSA) is 90.2 Å². The van der Waals surface area contributed by atoms with Gasteiger partial charge in [0, 0.05) is 35.9 Å². The van der Waals surface area contributed by atoms with E-state index in [4.69, 9.17) is 10.5 Å². The average molecular weight is 322 g/mol. The lowest BCUT2D eigenvalue weighted by Gasteiger charge is -2.16. The molecule has 3 heterocycles. The van der Waals surface area contributed by atoms with E-state index in [9.17, 15) is 0 Å². The Morgan fingerprint density at radius 3 is 3.04 bits per heavy atom. The molecule has 1 unspecified atom stereocenters. The van der Waals surface area contributed by atoms with Gasteiger partial charge in [-0.3, -0.25) is 4.99 Å². The van der Waals surface area contributed by atoms with Crippen molar-refractivity contribution in [3.05, 3.63) is 36.1 Å². The minimum Gasteiger partial charge on any atom is -0.479 e. The molecule has 2 aliphatic rings. The van der Waals surface area contributed by atoms with Crippen molar-refractivity contribution in [1.29, 1.82) is 0 Å². The van der Waals surface area contributed by atoms with Crippen LogP contribution in [0.5, 0.6) is 5.88 Å². The van der Waals surface area contributed by atoms with Gasteiger partial charge in [-0.15, -0.1) is 5.10 Å². The van der Waals surface area contributed by atoms with Gasteiger partial charge in [0.15, 0.2) is 0 Å². The highest BCUT2D eigenvalue weighted by Crippen LogP contribution is 2.33. The molecule has 2 bridgehead atoms. The molecule has 0 saturated carbocycles. The summed E-state index contributed by atoms with van der Waals surface area (Å²) in [5.74, 6) is 1.26. The normalized spacial score (nSPS) is 22.8. The molecule has 1 aliphatic carbocycles. The summed E-state index contributed by atoms with van der Waals surface area (Å²) in [6.07, 6.45) is 9.91. The van der Waals surface area contributed by atoms with Gasteiger partial charge < -0.3 is 10.5 Å². The quantitative estimate of drug-likeness (QED) is 0.915. The van der Waals surface area contributed by atoms with Crippen LogP contribution >= 0.6 is 0 Å². The van der Waals surface area contributed by atoms with Crippen LogP contribution in [0.1, 0.15) is 12.5 Å². The first-order valence-electron chi connectivity index (χ1n) is 7.82. The molecule has 122 valence electrons. The second-order valence-corrected chi connectivity index (χ2v) is 5.94. The Bertz CT molecular complexity index is 921. The van der Waals surface area contributed by atoms with E-state index < -0.39 is 0 Å². The molecule has 2 aromatic heterocycles. The number of ether oxygens (including phenoxy) is 1. The molecule has 7 heteroatoms. The fourth-order valence-corrected chi connectivity index (χ4v) is 3.19. The summed E-state index contributed by atoms with van der Waals surface area (Å²) in [6.45, 7) is 2.91. The van der Waals surface area contributed by atoms with E-state index in [1.165, 1.54) is 0 Å². The number of nitrogen functional groups attached to an aromatic ring is 1. The maximum atomic E-state index is 5.74. The number of fused-ring (bicyclic) bond motifs is 3. The van der Waals surface area contributed by atoms with E-state index in [-0.39, 0.29) is 5.95 Å². The van der Waals surface area contributed by atoms with Crippen molar-refractivity contribution < 1.29 is 4.74 Å². The van der Waals surface area contributed by atoms with Crippen molar-refractivity contribution in [3.8, 4) is 5.88 Å². The van der Waals surface area contributed by atoms with E-state index in [1.807, 2.05) is 12.3 Å². The van der Waals surface area contributed by atoms with Gasteiger partial charge >= 0.3 is 0 Å². The molecule has 0 aromatic carbocycles. The summed E-state index contributed by atoms with van der Waals surface area (Å²) in [4.78, 5) is 13.0. The first kappa shape index (κ1) is 14.6. The largest absolute Gasteiger partial charge is 0.479 e. The van der Waals surface area contributed by atoms with Gasteiger partial charge in [-0.2, -0.15) is 4.98 Å².